The molecule has 0 atom stereocenters. The highest BCUT2D eigenvalue weighted by molar-refractivity contribution is 6.13. The van der Waals surface area contributed by atoms with Gasteiger partial charge in [-0.05, 0) is 11.6 Å². The van der Waals surface area contributed by atoms with Gasteiger partial charge in [0.25, 0.3) is 5.69 Å². The van der Waals surface area contributed by atoms with Crippen LogP contribution >= 0.6 is 0 Å². The Kier molecular flexibility index (Phi) is 5.91. The maximum Gasteiger partial charge on any atom is 0.301 e. The minimum atomic E-state index is -0.705. The highest BCUT2D eigenvalue weighted by Gasteiger charge is 2.19. The van der Waals surface area contributed by atoms with Crippen molar-refractivity contribution in [2.45, 2.75) is 6.61 Å². The van der Waals surface area contributed by atoms with Crippen molar-refractivity contribution < 1.29 is 15.0 Å². The number of nitrogens with zero attached hydrogens (tertiary/aromatic N) is 3. The molecule has 3 aromatic rings. The van der Waals surface area contributed by atoms with E-state index in [9.17, 15) is 25.3 Å². The Balaban J connectivity index is 2.03. The van der Waals surface area contributed by atoms with Crippen LogP contribution in [0.4, 0.5) is 17.1 Å². The van der Waals surface area contributed by atoms with Crippen LogP contribution < -0.4 is 5.43 Å². The Hall–Kier alpha value is -4.11. The number of non-ortho nitro benzene ring substituents is 1. The van der Waals surface area contributed by atoms with Crippen LogP contribution in [0, 0.1) is 20.2 Å². The summed E-state index contributed by atoms with van der Waals surface area (Å²) in [7, 11) is 0. The van der Waals surface area contributed by atoms with Gasteiger partial charge < -0.3 is 5.11 Å². The number of aliphatic hydroxyl groups excluding tert-OH is 1. The number of aliphatic hydroxyl groups is 1. The molecule has 0 amide bonds. The molecular weight excluding hydrogens is 376 g/mol. The van der Waals surface area contributed by atoms with Crippen LogP contribution in [0.25, 0.3) is 0 Å². The van der Waals surface area contributed by atoms with E-state index in [2.05, 4.69) is 10.5 Å². The van der Waals surface area contributed by atoms with Crippen molar-refractivity contribution in [2.24, 2.45) is 5.10 Å². The smallest absolute Gasteiger partial charge is 0.301 e. The summed E-state index contributed by atoms with van der Waals surface area (Å²) in [6.45, 7) is -0.0919. The Bertz CT molecular complexity index is 1070. The first-order chi connectivity index (χ1) is 14.0. The van der Waals surface area contributed by atoms with Crippen LogP contribution in [0.2, 0.25) is 0 Å². The first-order valence-electron chi connectivity index (χ1n) is 8.51. The predicted octanol–water partition coefficient (Wildman–Crippen LogP) is 3.86. The molecule has 0 aliphatic rings. The van der Waals surface area contributed by atoms with E-state index < -0.39 is 15.5 Å². The molecule has 0 saturated heterocycles. The van der Waals surface area contributed by atoms with Crippen molar-refractivity contribution >= 4 is 22.8 Å². The zero-order chi connectivity index (χ0) is 20.8. The lowest BCUT2D eigenvalue weighted by atomic mass is 10.0. The third kappa shape index (κ3) is 4.60. The zero-order valence-electron chi connectivity index (χ0n) is 15.1. The number of benzene rings is 3. The van der Waals surface area contributed by atoms with E-state index in [0.29, 0.717) is 5.71 Å². The Morgan fingerprint density at radius 2 is 1.55 bits per heavy atom. The fraction of sp³-hybridized carbons (Fsp3) is 0.0500. The molecule has 0 saturated carbocycles. The van der Waals surface area contributed by atoms with Crippen molar-refractivity contribution in [2.75, 3.05) is 5.43 Å². The molecular formula is C20H16N4O5. The van der Waals surface area contributed by atoms with Gasteiger partial charge in [0.2, 0.25) is 0 Å². The second-order valence-corrected chi connectivity index (χ2v) is 6.01. The summed E-state index contributed by atoms with van der Waals surface area (Å²) in [6.07, 6.45) is 0. The van der Waals surface area contributed by atoms with Gasteiger partial charge in [-0.2, -0.15) is 5.10 Å². The quantitative estimate of drug-likeness (QED) is 0.357. The molecule has 0 aliphatic carbocycles. The first kappa shape index (κ1) is 19.6. The second kappa shape index (κ2) is 8.72. The molecule has 0 radical (unpaired) electrons. The molecule has 146 valence electrons. The summed E-state index contributed by atoms with van der Waals surface area (Å²) < 4.78 is 0. The SMILES string of the molecule is O=[N+]([O-])c1ccc(NN=C(c2ccccc2)c2ccc(CO)cc2)c([N+](=O)[O-])c1. The van der Waals surface area contributed by atoms with Crippen molar-refractivity contribution in [3.8, 4) is 0 Å². The summed E-state index contributed by atoms with van der Waals surface area (Å²) >= 11 is 0. The fourth-order valence-corrected chi connectivity index (χ4v) is 2.66. The van der Waals surface area contributed by atoms with E-state index in [4.69, 9.17) is 0 Å². The van der Waals surface area contributed by atoms with Gasteiger partial charge in [0.1, 0.15) is 5.69 Å². The summed E-state index contributed by atoms with van der Waals surface area (Å²) in [5.41, 5.74) is 4.60. The number of hydrazone groups is 1. The molecule has 0 unspecified atom stereocenters. The summed E-state index contributed by atoms with van der Waals surface area (Å²) in [6, 6.07) is 19.6. The van der Waals surface area contributed by atoms with Crippen molar-refractivity contribution in [3.63, 3.8) is 0 Å². The lowest BCUT2D eigenvalue weighted by Crippen LogP contribution is -2.07. The van der Waals surface area contributed by atoms with Crippen molar-refractivity contribution in [3.05, 3.63) is 110 Å². The topological polar surface area (TPSA) is 131 Å². The largest absolute Gasteiger partial charge is 0.392 e. The lowest BCUT2D eigenvalue weighted by molar-refractivity contribution is -0.393. The molecule has 0 aromatic heterocycles. The van der Waals surface area contributed by atoms with E-state index in [1.165, 1.54) is 12.1 Å². The van der Waals surface area contributed by atoms with Gasteiger partial charge in [-0.15, -0.1) is 0 Å². The van der Waals surface area contributed by atoms with Gasteiger partial charge >= 0.3 is 5.69 Å². The Labute approximate surface area is 165 Å². The summed E-state index contributed by atoms with van der Waals surface area (Å²) in [5, 5.41) is 35.8. The van der Waals surface area contributed by atoms with E-state index in [0.717, 1.165) is 22.8 Å². The fourth-order valence-electron chi connectivity index (χ4n) is 2.66. The van der Waals surface area contributed by atoms with Crippen LogP contribution in [0.5, 0.6) is 0 Å². The molecule has 0 aliphatic heterocycles. The van der Waals surface area contributed by atoms with Gasteiger partial charge in [0, 0.05) is 17.2 Å². The number of hydrogen-bond donors (Lipinski definition) is 2. The zero-order valence-corrected chi connectivity index (χ0v) is 15.1. The van der Waals surface area contributed by atoms with Crippen molar-refractivity contribution in [1.29, 1.82) is 0 Å². The third-order valence-corrected chi connectivity index (χ3v) is 4.13. The van der Waals surface area contributed by atoms with Gasteiger partial charge in [-0.25, -0.2) is 0 Å². The normalized spacial score (nSPS) is 11.1. The van der Waals surface area contributed by atoms with Gasteiger partial charge in [-0.1, -0.05) is 54.6 Å². The van der Waals surface area contributed by atoms with Crippen LogP contribution in [-0.2, 0) is 6.61 Å². The van der Waals surface area contributed by atoms with Crippen molar-refractivity contribution in [1.82, 2.24) is 0 Å². The second-order valence-electron chi connectivity index (χ2n) is 6.01. The Morgan fingerprint density at radius 3 is 2.14 bits per heavy atom. The van der Waals surface area contributed by atoms with E-state index in [-0.39, 0.29) is 18.0 Å². The number of nitrogens with one attached hydrogen (secondary N) is 1. The van der Waals surface area contributed by atoms with Gasteiger partial charge in [-0.3, -0.25) is 25.7 Å². The number of hydrogen-bond acceptors (Lipinski definition) is 7. The molecule has 0 fully saturated rings. The number of nitro groups is 2. The monoisotopic (exact) mass is 392 g/mol. The standard InChI is InChI=1S/C20H16N4O5/c25-13-14-6-8-16(9-7-14)20(15-4-2-1-3-5-15)22-21-18-11-10-17(23(26)27)12-19(18)24(28)29/h1-12,21,25H,13H2. The van der Waals surface area contributed by atoms with Crippen LogP contribution in [-0.4, -0.2) is 20.7 Å². The molecule has 0 spiro atoms. The predicted molar refractivity (Wildman–Crippen MR) is 108 cm³/mol. The maximum absolute atomic E-state index is 11.3. The highest BCUT2D eigenvalue weighted by Crippen LogP contribution is 2.29. The number of nitro benzene ring substituents is 2. The van der Waals surface area contributed by atoms with Gasteiger partial charge in [0.15, 0.2) is 0 Å². The summed E-state index contributed by atoms with van der Waals surface area (Å²) in [5.74, 6) is 0. The molecule has 3 rings (SSSR count). The highest BCUT2D eigenvalue weighted by atomic mass is 16.6. The van der Waals surface area contributed by atoms with E-state index in [1.54, 1.807) is 24.3 Å². The molecule has 2 N–H and O–H groups in total. The van der Waals surface area contributed by atoms with E-state index in [1.807, 2.05) is 30.3 Å². The molecule has 9 nitrogen and oxygen atoms in total. The van der Waals surface area contributed by atoms with Crippen LogP contribution in [0.15, 0.2) is 77.9 Å². The van der Waals surface area contributed by atoms with Crippen LogP contribution in [0.3, 0.4) is 0 Å². The summed E-state index contributed by atoms with van der Waals surface area (Å²) in [4.78, 5) is 20.8. The number of anilines is 1. The number of rotatable bonds is 7. The van der Waals surface area contributed by atoms with E-state index >= 15 is 0 Å². The Morgan fingerprint density at radius 1 is 0.897 bits per heavy atom. The minimum absolute atomic E-state index is 0.0287. The molecule has 0 heterocycles. The van der Waals surface area contributed by atoms with Crippen LogP contribution in [0.1, 0.15) is 16.7 Å². The molecule has 0 bridgehead atoms. The maximum atomic E-state index is 11.3. The lowest BCUT2D eigenvalue weighted by Gasteiger charge is -2.09. The minimum Gasteiger partial charge on any atom is -0.392 e. The van der Waals surface area contributed by atoms with Gasteiger partial charge in [0.05, 0.1) is 28.2 Å². The molecule has 29 heavy (non-hydrogen) atoms. The first-order valence-corrected chi connectivity index (χ1v) is 8.51. The molecule has 9 heteroatoms. The average molecular weight is 392 g/mol. The third-order valence-electron chi connectivity index (χ3n) is 4.13. The average Bonchev–Trinajstić information content (AvgIpc) is 2.75. The molecule has 3 aromatic carbocycles.